The monoisotopic (exact) mass is 606 g/mol. The van der Waals surface area contributed by atoms with Crippen molar-refractivity contribution in [2.75, 3.05) is 32.1 Å². The van der Waals surface area contributed by atoms with Crippen LogP contribution in [-0.4, -0.2) is 55.4 Å². The summed E-state index contributed by atoms with van der Waals surface area (Å²) in [5.74, 6) is 1.36. The first-order valence-corrected chi connectivity index (χ1v) is 15.3. The van der Waals surface area contributed by atoms with Crippen LogP contribution in [-0.2, 0) is 20.7 Å². The number of esters is 1. The summed E-state index contributed by atoms with van der Waals surface area (Å²) < 4.78 is 16.3. The van der Waals surface area contributed by atoms with Crippen LogP contribution in [0.4, 0.5) is 5.69 Å². The molecule has 4 aromatic rings. The van der Waals surface area contributed by atoms with Crippen LogP contribution in [0.2, 0.25) is 0 Å². The molecule has 0 spiro atoms. The van der Waals surface area contributed by atoms with Gasteiger partial charge in [0.1, 0.15) is 17.6 Å². The molecule has 5 rings (SSSR count). The molecule has 1 aliphatic carbocycles. The maximum absolute atomic E-state index is 13.2. The van der Waals surface area contributed by atoms with Crippen LogP contribution >= 0.6 is 0 Å². The molecule has 1 aliphatic rings. The second-order valence-corrected chi connectivity index (χ2v) is 11.1. The molecule has 8 heteroatoms. The Bertz CT molecular complexity index is 1580. The molecule has 0 saturated heterocycles. The predicted molar refractivity (Wildman–Crippen MR) is 173 cm³/mol. The van der Waals surface area contributed by atoms with Crippen LogP contribution in [0.15, 0.2) is 108 Å². The summed E-state index contributed by atoms with van der Waals surface area (Å²) in [4.78, 5) is 40.6. The highest BCUT2D eigenvalue weighted by Gasteiger charge is 2.26. The van der Waals surface area contributed by atoms with Crippen molar-refractivity contribution in [2.45, 2.75) is 31.7 Å². The van der Waals surface area contributed by atoms with E-state index in [4.69, 9.17) is 13.9 Å². The molecule has 0 radical (unpaired) electrons. The average molecular weight is 607 g/mol. The number of methoxy groups -OCH3 is 1. The predicted octanol–water partition coefficient (Wildman–Crippen LogP) is 6.43. The van der Waals surface area contributed by atoms with Crippen LogP contribution in [0.1, 0.15) is 46.5 Å². The number of nitrogens with zero attached hydrogens (tertiary/aromatic N) is 1. The fourth-order valence-electron chi connectivity index (χ4n) is 5.03. The lowest BCUT2D eigenvalue weighted by Crippen LogP contribution is -2.33. The first-order valence-electron chi connectivity index (χ1n) is 15.3. The van der Waals surface area contributed by atoms with Crippen LogP contribution in [0.5, 0.6) is 5.75 Å². The van der Waals surface area contributed by atoms with E-state index in [1.165, 1.54) is 20.0 Å². The van der Waals surface area contributed by atoms with Gasteiger partial charge in [-0.3, -0.25) is 9.59 Å². The van der Waals surface area contributed by atoms with Crippen LogP contribution in [0.25, 0.3) is 6.08 Å². The third-order valence-electron chi connectivity index (χ3n) is 7.65. The van der Waals surface area contributed by atoms with E-state index < -0.39 is 12.0 Å². The van der Waals surface area contributed by atoms with E-state index >= 15 is 0 Å². The molecule has 3 aromatic carbocycles. The van der Waals surface area contributed by atoms with E-state index in [0.717, 1.165) is 12.1 Å². The quantitative estimate of drug-likeness (QED) is 0.0680. The molecule has 45 heavy (non-hydrogen) atoms. The minimum atomic E-state index is -0.705. The van der Waals surface area contributed by atoms with Gasteiger partial charge in [0.25, 0.3) is 0 Å². The van der Waals surface area contributed by atoms with E-state index in [9.17, 15) is 14.4 Å². The van der Waals surface area contributed by atoms with Gasteiger partial charge in [0.15, 0.2) is 5.78 Å². The third kappa shape index (κ3) is 9.19. The highest BCUT2D eigenvalue weighted by molar-refractivity contribution is 6.12. The Morgan fingerprint density at radius 3 is 2.42 bits per heavy atom. The van der Waals surface area contributed by atoms with Crippen molar-refractivity contribution in [3.05, 3.63) is 126 Å². The smallest absolute Gasteiger partial charge is 0.328 e. The van der Waals surface area contributed by atoms with E-state index in [2.05, 4.69) is 5.32 Å². The molecule has 1 fully saturated rings. The molecule has 0 aliphatic heterocycles. The Labute approximate surface area is 263 Å². The number of carbonyl (C=O) groups excluding carboxylic acids is 3. The molecule has 8 nitrogen and oxygen atoms in total. The van der Waals surface area contributed by atoms with Crippen molar-refractivity contribution >= 4 is 29.4 Å². The van der Waals surface area contributed by atoms with Crippen LogP contribution < -0.4 is 10.1 Å². The topological polar surface area (TPSA) is 98.1 Å². The second-order valence-electron chi connectivity index (χ2n) is 11.1. The Morgan fingerprint density at radius 1 is 0.956 bits per heavy atom. The van der Waals surface area contributed by atoms with Gasteiger partial charge in [-0.1, -0.05) is 54.6 Å². The van der Waals surface area contributed by atoms with E-state index in [1.807, 2.05) is 59.5 Å². The van der Waals surface area contributed by atoms with Gasteiger partial charge in [0.05, 0.1) is 20.0 Å². The molecule has 0 bridgehead atoms. The van der Waals surface area contributed by atoms with Gasteiger partial charge in [-0.25, -0.2) is 4.79 Å². The number of ether oxygens (including phenoxy) is 2. The maximum atomic E-state index is 13.2. The molecule has 1 saturated carbocycles. The number of ketones is 1. The summed E-state index contributed by atoms with van der Waals surface area (Å²) in [6, 6.07) is 26.7. The lowest BCUT2D eigenvalue weighted by Gasteiger charge is -2.21. The fraction of sp³-hybridized carbons (Fsp3) is 0.270. The minimum Gasteiger partial charge on any atom is -0.494 e. The fourth-order valence-corrected chi connectivity index (χ4v) is 5.03. The molecule has 1 heterocycles. The standard InChI is InChI=1S/C37H38N2O6/c1-43-37(42)34(38-33-13-6-5-12-32(33)36(41)29-9-3-2-4-10-29)25-27-16-18-31(19-17-27)45-24-8-22-39(26-28-14-15-28)35(40)21-20-30-11-7-23-44-30/h2-7,9-13,16-21,23,28,34,38H,8,14-15,22,24-26H2,1H3/t34-/m0/s1. The van der Waals surface area contributed by atoms with Crippen molar-refractivity contribution in [3.8, 4) is 5.75 Å². The number of hydrogen-bond acceptors (Lipinski definition) is 7. The summed E-state index contributed by atoms with van der Waals surface area (Å²) in [5.41, 5.74) is 2.52. The van der Waals surface area contributed by atoms with Gasteiger partial charge in [-0.15, -0.1) is 0 Å². The Balaban J connectivity index is 1.15. The number of benzene rings is 3. The number of amides is 1. The molecule has 1 atom stereocenters. The number of anilines is 1. The Morgan fingerprint density at radius 2 is 1.71 bits per heavy atom. The number of carbonyl (C=O) groups is 3. The van der Waals surface area contributed by atoms with Gasteiger partial charge < -0.3 is 24.1 Å². The van der Waals surface area contributed by atoms with Crippen molar-refractivity contribution in [1.29, 1.82) is 0 Å². The van der Waals surface area contributed by atoms with Gasteiger partial charge in [-0.05, 0) is 73.2 Å². The highest BCUT2D eigenvalue weighted by Crippen LogP contribution is 2.30. The molecule has 232 valence electrons. The number of hydrogen-bond donors (Lipinski definition) is 1. The molecular formula is C37H38N2O6. The van der Waals surface area contributed by atoms with Gasteiger partial charge in [0, 0.05) is 42.4 Å². The van der Waals surface area contributed by atoms with Crippen molar-refractivity contribution < 1.29 is 28.3 Å². The average Bonchev–Trinajstić information content (AvgIpc) is 3.75. The van der Waals surface area contributed by atoms with Gasteiger partial charge >= 0.3 is 5.97 Å². The third-order valence-corrected chi connectivity index (χ3v) is 7.65. The second kappa shape index (κ2) is 15.6. The number of para-hydroxylation sites is 1. The maximum Gasteiger partial charge on any atom is 0.328 e. The molecule has 1 aromatic heterocycles. The largest absolute Gasteiger partial charge is 0.494 e. The molecule has 1 amide bonds. The SMILES string of the molecule is COC(=O)[C@H](Cc1ccc(OCCCN(CC2CC2)C(=O)C=Cc2ccco2)cc1)Nc1ccccc1C(=O)c1ccccc1. The molecule has 0 unspecified atom stereocenters. The highest BCUT2D eigenvalue weighted by atomic mass is 16.5. The van der Waals surface area contributed by atoms with E-state index in [1.54, 1.807) is 54.8 Å². The molecule has 1 N–H and O–H groups in total. The summed E-state index contributed by atoms with van der Waals surface area (Å²) in [6.07, 6.45) is 8.23. The number of nitrogens with one attached hydrogen (secondary N) is 1. The lowest BCUT2D eigenvalue weighted by atomic mass is 10.00. The summed E-state index contributed by atoms with van der Waals surface area (Å²) in [7, 11) is 1.35. The summed E-state index contributed by atoms with van der Waals surface area (Å²) in [6.45, 7) is 1.83. The first kappa shape index (κ1) is 31.3. The zero-order chi connectivity index (χ0) is 31.4. The summed E-state index contributed by atoms with van der Waals surface area (Å²) in [5, 5.41) is 3.24. The normalized spacial score (nSPS) is 13.3. The van der Waals surface area contributed by atoms with E-state index in [-0.39, 0.29) is 11.7 Å². The van der Waals surface area contributed by atoms with Crippen molar-refractivity contribution in [1.82, 2.24) is 4.90 Å². The number of rotatable bonds is 16. The minimum absolute atomic E-state index is 0.0246. The van der Waals surface area contributed by atoms with E-state index in [0.29, 0.717) is 60.2 Å². The van der Waals surface area contributed by atoms with Gasteiger partial charge in [0.2, 0.25) is 5.91 Å². The van der Waals surface area contributed by atoms with Crippen molar-refractivity contribution in [3.63, 3.8) is 0 Å². The summed E-state index contributed by atoms with van der Waals surface area (Å²) >= 11 is 0. The van der Waals surface area contributed by atoms with Crippen LogP contribution in [0, 0.1) is 5.92 Å². The first-order chi connectivity index (χ1) is 22.0. The zero-order valence-corrected chi connectivity index (χ0v) is 25.4. The Hall–Kier alpha value is -5.11. The Kier molecular flexibility index (Phi) is 10.8. The molecular weight excluding hydrogens is 568 g/mol. The van der Waals surface area contributed by atoms with Crippen LogP contribution in [0.3, 0.4) is 0 Å². The zero-order valence-electron chi connectivity index (χ0n) is 25.4. The van der Waals surface area contributed by atoms with Crippen molar-refractivity contribution in [2.24, 2.45) is 5.92 Å². The number of furan rings is 1. The lowest BCUT2D eigenvalue weighted by molar-refractivity contribution is -0.141. The van der Waals surface area contributed by atoms with Gasteiger partial charge in [-0.2, -0.15) is 0 Å².